The average molecular weight is 276 g/mol. The van der Waals surface area contributed by atoms with Gasteiger partial charge < -0.3 is 14.8 Å². The van der Waals surface area contributed by atoms with Crippen molar-refractivity contribution >= 4 is 11.6 Å². The van der Waals surface area contributed by atoms with Gasteiger partial charge in [-0.2, -0.15) is 0 Å². The Morgan fingerprint density at radius 3 is 2.80 bits per heavy atom. The molecule has 0 spiro atoms. The number of nitrogens with one attached hydrogen (secondary N) is 2. The lowest BCUT2D eigenvalue weighted by molar-refractivity contribution is 0.101. The Morgan fingerprint density at radius 2 is 2.20 bits per heavy atom. The number of H-pyrrole nitrogens is 1. The molecule has 0 radical (unpaired) electrons. The molecule has 0 saturated heterocycles. The first-order chi connectivity index (χ1) is 9.63. The number of hydrogen-bond donors (Lipinski definition) is 2. The Morgan fingerprint density at radius 1 is 1.40 bits per heavy atom. The maximum atomic E-state index is 11.9. The van der Waals surface area contributed by atoms with Crippen LogP contribution in [0.1, 0.15) is 23.4 Å². The van der Waals surface area contributed by atoms with Crippen molar-refractivity contribution in [3.63, 3.8) is 0 Å². The molecule has 0 aliphatic heterocycles. The highest BCUT2D eigenvalue weighted by Crippen LogP contribution is 2.30. The van der Waals surface area contributed by atoms with E-state index in [0.717, 1.165) is 0 Å². The van der Waals surface area contributed by atoms with E-state index in [4.69, 9.17) is 9.47 Å². The molecular formula is C13H16N4O3. The van der Waals surface area contributed by atoms with Gasteiger partial charge in [-0.15, -0.1) is 5.10 Å². The van der Waals surface area contributed by atoms with Crippen molar-refractivity contribution < 1.29 is 14.3 Å². The summed E-state index contributed by atoms with van der Waals surface area (Å²) in [6.07, 6.45) is 0. The standard InChI is InChI=1S/C13H16N4O3/c1-4-20-11-7-9(5-6-10(11)19-3)15-13(18)12-14-8(2)16-17-12/h5-7H,4H2,1-3H3,(H,15,18)(H,14,16,17). The zero-order valence-corrected chi connectivity index (χ0v) is 11.6. The van der Waals surface area contributed by atoms with E-state index < -0.39 is 0 Å². The number of amides is 1. The second kappa shape index (κ2) is 6.05. The number of hydrogen-bond acceptors (Lipinski definition) is 5. The minimum atomic E-state index is -0.387. The van der Waals surface area contributed by atoms with E-state index in [1.807, 2.05) is 6.92 Å². The predicted molar refractivity (Wildman–Crippen MR) is 73.2 cm³/mol. The van der Waals surface area contributed by atoms with Crippen molar-refractivity contribution in [2.24, 2.45) is 0 Å². The van der Waals surface area contributed by atoms with Crippen LogP contribution in [0.2, 0.25) is 0 Å². The molecule has 1 heterocycles. The Labute approximate surface area is 116 Å². The number of aromatic nitrogens is 3. The van der Waals surface area contributed by atoms with E-state index in [-0.39, 0.29) is 11.7 Å². The van der Waals surface area contributed by atoms with Gasteiger partial charge in [-0.05, 0) is 26.0 Å². The van der Waals surface area contributed by atoms with Gasteiger partial charge >= 0.3 is 0 Å². The molecule has 2 rings (SSSR count). The third kappa shape index (κ3) is 3.05. The van der Waals surface area contributed by atoms with Crippen LogP contribution in [0.25, 0.3) is 0 Å². The molecule has 1 amide bonds. The van der Waals surface area contributed by atoms with Crippen LogP contribution in [0.5, 0.6) is 11.5 Å². The topological polar surface area (TPSA) is 89.1 Å². The lowest BCUT2D eigenvalue weighted by Gasteiger charge is -2.11. The third-order valence-corrected chi connectivity index (χ3v) is 2.52. The number of rotatable bonds is 5. The molecule has 106 valence electrons. The van der Waals surface area contributed by atoms with Gasteiger partial charge in [0.15, 0.2) is 11.5 Å². The molecular weight excluding hydrogens is 260 g/mol. The molecule has 7 heteroatoms. The molecule has 0 unspecified atom stereocenters. The zero-order valence-electron chi connectivity index (χ0n) is 11.6. The predicted octanol–water partition coefficient (Wildman–Crippen LogP) is 1.77. The first kappa shape index (κ1) is 13.9. The fourth-order valence-corrected chi connectivity index (χ4v) is 1.65. The molecule has 0 atom stereocenters. The largest absolute Gasteiger partial charge is 0.493 e. The van der Waals surface area contributed by atoms with E-state index in [2.05, 4.69) is 20.5 Å². The molecule has 0 aliphatic rings. The summed E-state index contributed by atoms with van der Waals surface area (Å²) >= 11 is 0. The molecule has 2 aromatic rings. The summed E-state index contributed by atoms with van der Waals surface area (Å²) in [6.45, 7) is 4.11. The van der Waals surface area contributed by atoms with Crippen molar-refractivity contribution in [2.75, 3.05) is 19.0 Å². The summed E-state index contributed by atoms with van der Waals surface area (Å²) in [7, 11) is 1.56. The Balaban J connectivity index is 2.17. The van der Waals surface area contributed by atoms with Gasteiger partial charge in [0.05, 0.1) is 13.7 Å². The maximum absolute atomic E-state index is 11.9. The fourth-order valence-electron chi connectivity index (χ4n) is 1.65. The monoisotopic (exact) mass is 276 g/mol. The zero-order chi connectivity index (χ0) is 14.5. The summed E-state index contributed by atoms with van der Waals surface area (Å²) in [6, 6.07) is 5.14. The lowest BCUT2D eigenvalue weighted by Crippen LogP contribution is -2.14. The smallest absolute Gasteiger partial charge is 0.295 e. The second-order valence-electron chi connectivity index (χ2n) is 4.00. The highest BCUT2D eigenvalue weighted by Gasteiger charge is 2.13. The van der Waals surface area contributed by atoms with Crippen LogP contribution in [0.4, 0.5) is 5.69 Å². The van der Waals surface area contributed by atoms with Crippen LogP contribution < -0.4 is 14.8 Å². The Bertz CT molecular complexity index is 609. The number of carbonyl (C=O) groups is 1. The Hall–Kier alpha value is -2.57. The highest BCUT2D eigenvalue weighted by molar-refractivity contribution is 6.01. The molecule has 20 heavy (non-hydrogen) atoms. The van der Waals surface area contributed by atoms with Crippen molar-refractivity contribution in [1.82, 2.24) is 15.2 Å². The molecule has 0 fully saturated rings. The summed E-state index contributed by atoms with van der Waals surface area (Å²) in [5.41, 5.74) is 0.585. The first-order valence-corrected chi connectivity index (χ1v) is 6.15. The number of methoxy groups -OCH3 is 1. The number of anilines is 1. The van der Waals surface area contributed by atoms with Gasteiger partial charge in [-0.1, -0.05) is 0 Å². The molecule has 7 nitrogen and oxygen atoms in total. The van der Waals surface area contributed by atoms with E-state index in [1.165, 1.54) is 0 Å². The van der Waals surface area contributed by atoms with Crippen molar-refractivity contribution in [1.29, 1.82) is 0 Å². The van der Waals surface area contributed by atoms with Crippen LogP contribution in [0.15, 0.2) is 18.2 Å². The van der Waals surface area contributed by atoms with Gasteiger partial charge in [0, 0.05) is 11.8 Å². The molecule has 1 aromatic carbocycles. The minimum Gasteiger partial charge on any atom is -0.493 e. The highest BCUT2D eigenvalue weighted by atomic mass is 16.5. The minimum absolute atomic E-state index is 0.0938. The van der Waals surface area contributed by atoms with Crippen molar-refractivity contribution in [3.8, 4) is 11.5 Å². The summed E-state index contributed by atoms with van der Waals surface area (Å²) in [4.78, 5) is 15.9. The number of ether oxygens (including phenoxy) is 2. The van der Waals surface area contributed by atoms with Gasteiger partial charge in [-0.25, -0.2) is 4.98 Å². The quantitative estimate of drug-likeness (QED) is 0.868. The SMILES string of the molecule is CCOc1cc(NC(=O)c2n[nH]c(C)n2)ccc1OC. The number of nitrogens with zero attached hydrogens (tertiary/aromatic N) is 2. The number of benzene rings is 1. The number of aryl methyl sites for hydroxylation is 1. The Kier molecular flexibility index (Phi) is 4.19. The fraction of sp³-hybridized carbons (Fsp3) is 0.308. The van der Waals surface area contributed by atoms with Gasteiger partial charge in [0.2, 0.25) is 5.82 Å². The van der Waals surface area contributed by atoms with Crippen molar-refractivity contribution in [2.45, 2.75) is 13.8 Å². The number of aromatic amines is 1. The van der Waals surface area contributed by atoms with Crippen LogP contribution in [0, 0.1) is 6.92 Å². The third-order valence-electron chi connectivity index (χ3n) is 2.52. The molecule has 0 aliphatic carbocycles. The maximum Gasteiger partial charge on any atom is 0.295 e. The van der Waals surface area contributed by atoms with Gasteiger partial charge in [0.1, 0.15) is 5.82 Å². The van der Waals surface area contributed by atoms with Crippen LogP contribution >= 0.6 is 0 Å². The summed E-state index contributed by atoms with van der Waals surface area (Å²) < 4.78 is 10.6. The van der Waals surface area contributed by atoms with E-state index in [0.29, 0.717) is 29.6 Å². The van der Waals surface area contributed by atoms with Gasteiger partial charge in [0.25, 0.3) is 5.91 Å². The molecule has 2 N–H and O–H groups in total. The van der Waals surface area contributed by atoms with Gasteiger partial charge in [-0.3, -0.25) is 9.89 Å². The second-order valence-corrected chi connectivity index (χ2v) is 4.00. The lowest BCUT2D eigenvalue weighted by atomic mass is 10.2. The van der Waals surface area contributed by atoms with Crippen LogP contribution in [-0.2, 0) is 0 Å². The van der Waals surface area contributed by atoms with E-state index >= 15 is 0 Å². The number of carbonyl (C=O) groups excluding carboxylic acids is 1. The average Bonchev–Trinajstić information content (AvgIpc) is 2.86. The summed E-state index contributed by atoms with van der Waals surface area (Å²) in [5, 5.41) is 9.12. The van der Waals surface area contributed by atoms with E-state index in [9.17, 15) is 4.79 Å². The van der Waals surface area contributed by atoms with Crippen molar-refractivity contribution in [3.05, 3.63) is 29.8 Å². The molecule has 1 aromatic heterocycles. The normalized spacial score (nSPS) is 10.2. The van der Waals surface area contributed by atoms with E-state index in [1.54, 1.807) is 32.2 Å². The first-order valence-electron chi connectivity index (χ1n) is 6.15. The van der Waals surface area contributed by atoms with Crippen LogP contribution in [0.3, 0.4) is 0 Å². The molecule has 0 bridgehead atoms. The van der Waals surface area contributed by atoms with Crippen LogP contribution in [-0.4, -0.2) is 34.8 Å². The molecule has 0 saturated carbocycles. The summed E-state index contributed by atoms with van der Waals surface area (Å²) in [5.74, 6) is 1.47.